The predicted molar refractivity (Wildman–Crippen MR) is 88.3 cm³/mol. The van der Waals surface area contributed by atoms with Crippen LogP contribution < -0.4 is 5.63 Å². The average Bonchev–Trinajstić information content (AvgIpc) is 2.63. The molecule has 0 unspecified atom stereocenters. The molecule has 0 saturated carbocycles. The Balaban J connectivity index is 0.00000127. The van der Waals surface area contributed by atoms with E-state index in [1.807, 2.05) is 0 Å². The van der Waals surface area contributed by atoms with Crippen LogP contribution in [0.25, 0.3) is 21.7 Å². The first-order chi connectivity index (χ1) is 12.3. The van der Waals surface area contributed by atoms with E-state index in [9.17, 15) is 27.9 Å². The van der Waals surface area contributed by atoms with Crippen LogP contribution in [0, 0.1) is 49.4 Å². The first-order valence-corrected chi connectivity index (χ1v) is 6.99. The quantitative estimate of drug-likeness (QED) is 0.257. The van der Waals surface area contributed by atoms with Crippen LogP contribution >= 0.6 is 0 Å². The van der Waals surface area contributed by atoms with Gasteiger partial charge in [0.25, 0.3) is 5.78 Å². The molecule has 2 aromatic carbocycles. The molecule has 6 nitrogen and oxygen atoms in total. The van der Waals surface area contributed by atoms with Crippen molar-refractivity contribution in [1.82, 2.24) is 0 Å². The van der Waals surface area contributed by atoms with Crippen LogP contribution in [0.2, 0.25) is 0 Å². The molecule has 0 amide bonds. The molecule has 0 spiro atoms. The Labute approximate surface area is 191 Å². The van der Waals surface area contributed by atoms with Gasteiger partial charge in [-0.2, -0.15) is 13.2 Å². The Morgan fingerprint density at radius 2 is 1.56 bits per heavy atom. The zero-order valence-electron chi connectivity index (χ0n) is 14.0. The van der Waals surface area contributed by atoms with Gasteiger partial charge in [0, 0.05) is 63.6 Å². The number of hydrogen-bond donors (Lipinski definition) is 3. The van der Waals surface area contributed by atoms with Crippen LogP contribution in [0.5, 0.6) is 5.75 Å². The van der Waals surface area contributed by atoms with E-state index < -0.39 is 28.9 Å². The number of carbonyl (C=O) groups is 1. The Hall–Kier alpha value is -1.33. The number of carbonyl (C=O) groups excluding carboxylic acids is 1. The maximum atomic E-state index is 12.6. The van der Waals surface area contributed by atoms with Crippen LogP contribution in [-0.4, -0.2) is 41.5 Å². The van der Waals surface area contributed by atoms with E-state index >= 15 is 0 Å². The van der Waals surface area contributed by atoms with Gasteiger partial charge in [0.15, 0.2) is 5.56 Å². The second kappa shape index (κ2) is 10.9. The van der Waals surface area contributed by atoms with Gasteiger partial charge < -0.3 is 19.7 Å². The van der Waals surface area contributed by atoms with Crippen LogP contribution in [0.4, 0.5) is 13.2 Å². The smallest absolute Gasteiger partial charge is 0.455 e. The van der Waals surface area contributed by atoms with Crippen LogP contribution in [0.1, 0.15) is 10.4 Å². The Kier molecular flexibility index (Phi) is 10.3. The van der Waals surface area contributed by atoms with Crippen LogP contribution in [0.3, 0.4) is 0 Å². The third kappa shape index (κ3) is 5.35. The number of hydrogen-bond acceptors (Lipinski definition) is 6. The number of halogens is 3. The Bertz CT molecular complexity index is 982. The van der Waals surface area contributed by atoms with E-state index in [1.165, 1.54) is 6.07 Å². The second-order valence-electron chi connectivity index (χ2n) is 4.60. The summed E-state index contributed by atoms with van der Waals surface area (Å²) in [6.07, 6.45) is -5.29. The molecule has 3 rings (SSSR count). The third-order valence-corrected chi connectivity index (χ3v) is 3.26. The molecule has 1 heterocycles. The fraction of sp³-hybridized carbons (Fsp3) is 0.176. The van der Waals surface area contributed by atoms with Crippen LogP contribution in [-0.2, 0) is 0 Å². The van der Waals surface area contributed by atoms with E-state index in [4.69, 9.17) is 14.6 Å². The summed E-state index contributed by atoms with van der Waals surface area (Å²) >= 11 is 0. The van der Waals surface area contributed by atoms with Gasteiger partial charge in [-0.1, -0.05) is 30.3 Å². The maximum Gasteiger partial charge on any atom is 0.455 e. The standard InChI is InChI=1S/C15H7F3O4.2CH4O.Eu/c16-15(17,18)13(20)11-12(19)10-8-4-2-1-3-7(8)5-6-9(10)22-14(11)21;2*1-2;/h1-6,19H;2*2H,1H3;. The van der Waals surface area contributed by atoms with Crippen molar-refractivity contribution >= 4 is 27.5 Å². The largest absolute Gasteiger partial charge is 0.506 e. The van der Waals surface area contributed by atoms with Gasteiger partial charge >= 0.3 is 11.8 Å². The van der Waals surface area contributed by atoms with Crippen molar-refractivity contribution in [3.63, 3.8) is 0 Å². The van der Waals surface area contributed by atoms with Crippen molar-refractivity contribution in [3.8, 4) is 5.75 Å². The summed E-state index contributed by atoms with van der Waals surface area (Å²) in [4.78, 5) is 23.0. The summed E-state index contributed by atoms with van der Waals surface area (Å²) in [5, 5.41) is 25.0. The minimum Gasteiger partial charge on any atom is -0.506 e. The van der Waals surface area contributed by atoms with E-state index in [-0.39, 0.29) is 60.3 Å². The Morgan fingerprint density at radius 1 is 1.00 bits per heavy atom. The number of aliphatic hydroxyl groups excluding tert-OH is 2. The predicted octanol–water partition coefficient (Wildman–Crippen LogP) is 2.61. The average molecular weight is 524 g/mol. The number of aliphatic hydroxyl groups is 2. The summed E-state index contributed by atoms with van der Waals surface area (Å²) in [5.74, 6) is -3.46. The number of fused-ring (bicyclic) bond motifs is 3. The number of aromatic hydroxyl groups is 1. The summed E-state index contributed by atoms with van der Waals surface area (Å²) in [5.41, 5.74) is -3.03. The normalized spacial score (nSPS) is 10.2. The molecular formula is C17H15EuF3O6. The van der Waals surface area contributed by atoms with E-state index in [1.54, 1.807) is 30.3 Å². The molecule has 1 aromatic heterocycles. The fourth-order valence-electron chi connectivity index (χ4n) is 2.30. The van der Waals surface area contributed by atoms with Gasteiger partial charge in [-0.05, 0) is 16.8 Å². The molecule has 147 valence electrons. The number of ketones is 1. The number of rotatable bonds is 1. The van der Waals surface area contributed by atoms with Crippen molar-refractivity contribution in [1.29, 1.82) is 0 Å². The molecule has 0 fully saturated rings. The summed E-state index contributed by atoms with van der Waals surface area (Å²) in [6, 6.07) is 9.46. The van der Waals surface area contributed by atoms with Crippen molar-refractivity contribution in [2.45, 2.75) is 6.18 Å². The molecule has 3 N–H and O–H groups in total. The Morgan fingerprint density at radius 3 is 2.11 bits per heavy atom. The third-order valence-electron chi connectivity index (χ3n) is 3.26. The van der Waals surface area contributed by atoms with E-state index in [2.05, 4.69) is 0 Å². The molecule has 0 saturated heterocycles. The summed E-state index contributed by atoms with van der Waals surface area (Å²) in [6.45, 7) is 0. The molecule has 0 aliphatic heterocycles. The molecule has 1 radical (unpaired) electrons. The minimum absolute atomic E-state index is 0. The van der Waals surface area contributed by atoms with Gasteiger partial charge in [0.2, 0.25) is 0 Å². The first-order valence-electron chi connectivity index (χ1n) is 6.99. The summed E-state index contributed by atoms with van der Waals surface area (Å²) in [7, 11) is 2.00. The van der Waals surface area contributed by atoms with Crippen LogP contribution in [0.15, 0.2) is 45.6 Å². The molecule has 3 aromatic rings. The fourth-order valence-corrected chi connectivity index (χ4v) is 2.30. The van der Waals surface area contributed by atoms with E-state index in [0.29, 0.717) is 10.8 Å². The molecule has 27 heavy (non-hydrogen) atoms. The van der Waals surface area contributed by atoms with Gasteiger partial charge in [0.1, 0.15) is 11.3 Å². The molecule has 0 aliphatic carbocycles. The molecule has 0 aliphatic rings. The van der Waals surface area contributed by atoms with E-state index in [0.717, 1.165) is 14.2 Å². The van der Waals surface area contributed by atoms with Crippen molar-refractivity contribution in [2.75, 3.05) is 14.2 Å². The molecule has 10 heteroatoms. The number of benzene rings is 2. The first kappa shape index (κ1) is 25.7. The summed E-state index contributed by atoms with van der Waals surface area (Å²) < 4.78 is 42.5. The molecular weight excluding hydrogens is 509 g/mol. The molecule has 0 atom stereocenters. The zero-order valence-corrected chi connectivity index (χ0v) is 16.5. The number of Topliss-reactive ketones (excluding diaryl/α,β-unsaturated/α-hetero) is 1. The monoisotopic (exact) mass is 525 g/mol. The topological polar surface area (TPSA) is 108 Å². The maximum absolute atomic E-state index is 12.6. The number of alkyl halides is 3. The zero-order chi connectivity index (χ0) is 20.1. The minimum atomic E-state index is -5.29. The second-order valence-corrected chi connectivity index (χ2v) is 4.60. The van der Waals surface area contributed by atoms with Crippen molar-refractivity contribution in [3.05, 3.63) is 52.4 Å². The molecule has 0 bridgehead atoms. The van der Waals surface area contributed by atoms with Gasteiger partial charge in [-0.25, -0.2) is 4.79 Å². The SMILES string of the molecule is CO.CO.O=C(c1c(O)c2c(ccc3ccccc32)oc1=O)C(F)(F)F.[Eu]. The van der Waals surface area contributed by atoms with Gasteiger partial charge in [-0.3, -0.25) is 4.79 Å². The van der Waals surface area contributed by atoms with Crippen molar-refractivity contribution < 1.29 is 87.1 Å². The van der Waals surface area contributed by atoms with Gasteiger partial charge in [-0.15, -0.1) is 0 Å². The van der Waals surface area contributed by atoms with Gasteiger partial charge in [0.05, 0.1) is 5.39 Å². The van der Waals surface area contributed by atoms with Crippen molar-refractivity contribution in [2.24, 2.45) is 0 Å².